The Morgan fingerprint density at radius 3 is 2.69 bits per heavy atom. The molecule has 0 aliphatic rings. The van der Waals surface area contributed by atoms with Crippen LogP contribution in [0.1, 0.15) is 6.92 Å². The van der Waals surface area contributed by atoms with E-state index in [1.54, 1.807) is 12.4 Å². The van der Waals surface area contributed by atoms with Crippen LogP contribution in [0.25, 0.3) is 17.1 Å². The van der Waals surface area contributed by atoms with E-state index in [1.165, 1.54) is 0 Å². The Hall–Kier alpha value is -2.16. The topological polar surface area (TPSA) is 30.7 Å². The van der Waals surface area contributed by atoms with Crippen molar-refractivity contribution in [3.63, 3.8) is 0 Å². The first kappa shape index (κ1) is 10.4. The third kappa shape index (κ3) is 1.80. The highest BCUT2D eigenvalue weighted by Gasteiger charge is 2.07. The van der Waals surface area contributed by atoms with E-state index in [0.717, 1.165) is 17.1 Å². The molecule has 1 aromatic carbocycles. The van der Waals surface area contributed by atoms with Crippen LogP contribution in [0.3, 0.4) is 0 Å². The smallest absolute Gasteiger partial charge is 0.168 e. The minimum atomic E-state index is 0.827. The Morgan fingerprint density at radius 2 is 2.06 bits per heavy atom. The maximum Gasteiger partial charge on any atom is 0.168 e. The van der Waals surface area contributed by atoms with E-state index < -0.39 is 0 Å². The van der Waals surface area contributed by atoms with Crippen molar-refractivity contribution in [1.29, 1.82) is 0 Å². The van der Waals surface area contributed by atoms with Gasteiger partial charge in [0.1, 0.15) is 6.33 Å². The predicted molar refractivity (Wildman–Crippen MR) is 65.6 cm³/mol. The number of nitrogens with zero attached hydrogens (tertiary/aromatic N) is 3. The molecule has 0 bridgehead atoms. The molecular formula is C13H13N3. The number of allylic oxidation sites excluding steroid dienone is 3. The van der Waals surface area contributed by atoms with Gasteiger partial charge in [0.15, 0.2) is 5.82 Å². The van der Waals surface area contributed by atoms with Crippen LogP contribution in [0, 0.1) is 0 Å². The Labute approximate surface area is 94.8 Å². The highest BCUT2D eigenvalue weighted by molar-refractivity contribution is 5.65. The Bertz CT molecular complexity index is 509. The molecule has 1 aromatic heterocycles. The summed E-state index contributed by atoms with van der Waals surface area (Å²) in [5.41, 5.74) is 2.02. The highest BCUT2D eigenvalue weighted by atomic mass is 15.3. The van der Waals surface area contributed by atoms with E-state index in [4.69, 9.17) is 0 Å². The minimum Gasteiger partial charge on any atom is -0.282 e. The molecule has 0 saturated heterocycles. The lowest BCUT2D eigenvalue weighted by atomic mass is 10.2. The molecule has 0 aliphatic carbocycles. The van der Waals surface area contributed by atoms with Crippen molar-refractivity contribution in [2.45, 2.75) is 6.92 Å². The van der Waals surface area contributed by atoms with Crippen molar-refractivity contribution in [2.75, 3.05) is 0 Å². The van der Waals surface area contributed by atoms with E-state index in [2.05, 4.69) is 16.8 Å². The van der Waals surface area contributed by atoms with Crippen molar-refractivity contribution >= 4 is 5.70 Å². The summed E-state index contributed by atoms with van der Waals surface area (Å²) in [6, 6.07) is 9.97. The molecule has 80 valence electrons. The lowest BCUT2D eigenvalue weighted by Crippen LogP contribution is -1.96. The van der Waals surface area contributed by atoms with E-state index in [9.17, 15) is 0 Å². The molecule has 0 saturated carbocycles. The summed E-state index contributed by atoms with van der Waals surface area (Å²) in [7, 11) is 0. The number of benzene rings is 1. The molecule has 0 spiro atoms. The van der Waals surface area contributed by atoms with Crippen LogP contribution in [-0.2, 0) is 0 Å². The molecule has 2 rings (SSSR count). The van der Waals surface area contributed by atoms with Gasteiger partial charge in [-0.15, -0.1) is 10.2 Å². The standard InChI is InChI=1S/C13H13N3/c1-3-12(4-2)16-10-14-15-13(16)11-8-6-5-7-9-11/h3-10H,1H2,2H3. The molecule has 16 heavy (non-hydrogen) atoms. The van der Waals surface area contributed by atoms with E-state index in [0.29, 0.717) is 0 Å². The van der Waals surface area contributed by atoms with Crippen LogP contribution in [-0.4, -0.2) is 14.8 Å². The Kier molecular flexibility index (Phi) is 2.96. The lowest BCUT2D eigenvalue weighted by Gasteiger charge is -2.06. The average molecular weight is 211 g/mol. The van der Waals surface area contributed by atoms with E-state index in [-0.39, 0.29) is 0 Å². The van der Waals surface area contributed by atoms with Gasteiger partial charge in [-0.2, -0.15) is 0 Å². The molecule has 1 heterocycles. The van der Waals surface area contributed by atoms with E-state index in [1.807, 2.05) is 47.9 Å². The Morgan fingerprint density at radius 1 is 1.31 bits per heavy atom. The van der Waals surface area contributed by atoms with Crippen LogP contribution in [0.5, 0.6) is 0 Å². The Balaban J connectivity index is 2.52. The fraction of sp³-hybridized carbons (Fsp3) is 0.0769. The summed E-state index contributed by atoms with van der Waals surface area (Å²) in [6.07, 6.45) is 5.46. The summed E-state index contributed by atoms with van der Waals surface area (Å²) < 4.78 is 1.92. The van der Waals surface area contributed by atoms with Crippen LogP contribution in [0.2, 0.25) is 0 Å². The zero-order valence-corrected chi connectivity index (χ0v) is 9.17. The first-order valence-corrected chi connectivity index (χ1v) is 5.11. The highest BCUT2D eigenvalue weighted by Crippen LogP contribution is 2.19. The van der Waals surface area contributed by atoms with Crippen molar-refractivity contribution in [3.05, 3.63) is 55.4 Å². The van der Waals surface area contributed by atoms with Gasteiger partial charge in [0, 0.05) is 11.3 Å². The molecule has 0 aliphatic heterocycles. The predicted octanol–water partition coefficient (Wildman–Crippen LogP) is 2.99. The molecule has 3 nitrogen and oxygen atoms in total. The maximum atomic E-state index is 4.13. The van der Waals surface area contributed by atoms with Gasteiger partial charge in [0.25, 0.3) is 0 Å². The second-order valence-electron chi connectivity index (χ2n) is 3.31. The minimum absolute atomic E-state index is 0.827. The normalized spacial score (nSPS) is 11.4. The fourth-order valence-electron chi connectivity index (χ4n) is 1.56. The maximum absolute atomic E-state index is 4.13. The summed E-state index contributed by atoms with van der Waals surface area (Å²) in [6.45, 7) is 5.74. The largest absolute Gasteiger partial charge is 0.282 e. The summed E-state index contributed by atoms with van der Waals surface area (Å²) in [5, 5.41) is 8.07. The van der Waals surface area contributed by atoms with Gasteiger partial charge in [-0.05, 0) is 13.0 Å². The number of hydrogen-bond donors (Lipinski definition) is 0. The van der Waals surface area contributed by atoms with Gasteiger partial charge in [0.05, 0.1) is 0 Å². The van der Waals surface area contributed by atoms with Crippen LogP contribution >= 0.6 is 0 Å². The molecule has 2 aromatic rings. The van der Waals surface area contributed by atoms with Crippen molar-refractivity contribution in [1.82, 2.24) is 14.8 Å². The van der Waals surface area contributed by atoms with Crippen LogP contribution < -0.4 is 0 Å². The monoisotopic (exact) mass is 211 g/mol. The molecule has 0 unspecified atom stereocenters. The lowest BCUT2D eigenvalue weighted by molar-refractivity contribution is 1.09. The molecule has 3 heteroatoms. The van der Waals surface area contributed by atoms with Gasteiger partial charge in [0.2, 0.25) is 0 Å². The molecule has 0 fully saturated rings. The second kappa shape index (κ2) is 4.57. The number of aromatic nitrogens is 3. The molecule has 0 radical (unpaired) electrons. The van der Waals surface area contributed by atoms with Gasteiger partial charge < -0.3 is 0 Å². The average Bonchev–Trinajstić information content (AvgIpc) is 2.81. The second-order valence-corrected chi connectivity index (χ2v) is 3.31. The van der Waals surface area contributed by atoms with Gasteiger partial charge in [-0.3, -0.25) is 4.57 Å². The van der Waals surface area contributed by atoms with Crippen molar-refractivity contribution in [3.8, 4) is 11.4 Å². The van der Waals surface area contributed by atoms with Crippen molar-refractivity contribution < 1.29 is 0 Å². The first-order chi connectivity index (χ1) is 7.86. The SMILES string of the molecule is C=CC(=CC)n1cnnc1-c1ccccc1. The third-order valence-electron chi connectivity index (χ3n) is 2.36. The fourth-order valence-corrected chi connectivity index (χ4v) is 1.56. The van der Waals surface area contributed by atoms with Gasteiger partial charge >= 0.3 is 0 Å². The van der Waals surface area contributed by atoms with Crippen LogP contribution in [0.4, 0.5) is 0 Å². The van der Waals surface area contributed by atoms with Gasteiger partial charge in [-0.25, -0.2) is 0 Å². The summed E-state index contributed by atoms with van der Waals surface area (Å²) >= 11 is 0. The van der Waals surface area contributed by atoms with Crippen LogP contribution in [0.15, 0.2) is 55.4 Å². The van der Waals surface area contributed by atoms with Gasteiger partial charge in [-0.1, -0.05) is 43.0 Å². The number of rotatable bonds is 3. The molecule has 0 amide bonds. The molecule has 0 atom stereocenters. The third-order valence-corrected chi connectivity index (χ3v) is 2.36. The first-order valence-electron chi connectivity index (χ1n) is 5.11. The summed E-state index contributed by atoms with van der Waals surface area (Å²) in [5.74, 6) is 0.827. The zero-order chi connectivity index (χ0) is 11.4. The van der Waals surface area contributed by atoms with Crippen molar-refractivity contribution in [2.24, 2.45) is 0 Å². The molecular weight excluding hydrogens is 198 g/mol. The number of hydrogen-bond acceptors (Lipinski definition) is 2. The quantitative estimate of drug-likeness (QED) is 0.731. The van der Waals surface area contributed by atoms with E-state index >= 15 is 0 Å². The summed E-state index contributed by atoms with van der Waals surface area (Å²) in [4.78, 5) is 0. The molecule has 0 N–H and O–H groups in total. The zero-order valence-electron chi connectivity index (χ0n) is 9.17.